The molecule has 0 radical (unpaired) electrons. The predicted molar refractivity (Wildman–Crippen MR) is 122 cm³/mol. The summed E-state index contributed by atoms with van der Waals surface area (Å²) in [6.45, 7) is 0.559. The van der Waals surface area contributed by atoms with Crippen molar-refractivity contribution in [2.45, 2.75) is 13.1 Å². The molecule has 9 nitrogen and oxygen atoms in total. The first-order valence-corrected chi connectivity index (χ1v) is 10.2. The van der Waals surface area contributed by atoms with Crippen molar-refractivity contribution < 1.29 is 14.0 Å². The first-order chi connectivity index (χ1) is 16.1. The zero-order valence-corrected chi connectivity index (χ0v) is 17.5. The molecule has 0 aliphatic carbocycles. The highest BCUT2D eigenvalue weighted by Crippen LogP contribution is 2.16. The number of nitrogens with one attached hydrogen (secondary N) is 4. The Bertz CT molecular complexity index is 1300. The second-order valence-electron chi connectivity index (χ2n) is 7.14. The standard InChI is InChI=1S/C24H21N5O4/c30-22(19-6-7-20(29-23(19)31)21-5-2-12-33-21)26-15-17-3-1-4-18(13-17)28-24(32)27-14-16-8-10-25-11-9-16/h1-13H,14-15H2,(H,26,30)(H,29,31)(H2,27,28,32). The van der Waals surface area contributed by atoms with E-state index in [0.717, 1.165) is 11.1 Å². The fourth-order valence-corrected chi connectivity index (χ4v) is 3.12. The number of aromatic amines is 1. The van der Waals surface area contributed by atoms with Gasteiger partial charge in [-0.2, -0.15) is 0 Å². The maximum Gasteiger partial charge on any atom is 0.319 e. The Morgan fingerprint density at radius 3 is 2.48 bits per heavy atom. The molecule has 0 unspecified atom stereocenters. The summed E-state index contributed by atoms with van der Waals surface area (Å²) in [5.74, 6) is 0.00360. The number of hydrogen-bond acceptors (Lipinski definition) is 5. The van der Waals surface area contributed by atoms with Crippen molar-refractivity contribution >= 4 is 17.6 Å². The minimum Gasteiger partial charge on any atom is -0.463 e. The maximum absolute atomic E-state index is 12.5. The zero-order valence-electron chi connectivity index (χ0n) is 17.5. The molecule has 4 aromatic rings. The first kappa shape index (κ1) is 21.6. The number of benzene rings is 1. The number of amides is 3. The van der Waals surface area contributed by atoms with Gasteiger partial charge in [-0.25, -0.2) is 4.79 Å². The summed E-state index contributed by atoms with van der Waals surface area (Å²) >= 11 is 0. The van der Waals surface area contributed by atoms with Crippen LogP contribution < -0.4 is 21.5 Å². The number of aromatic nitrogens is 2. The number of carbonyl (C=O) groups excluding carboxylic acids is 2. The van der Waals surface area contributed by atoms with E-state index in [-0.39, 0.29) is 18.1 Å². The molecule has 0 saturated carbocycles. The number of carbonyl (C=O) groups is 2. The van der Waals surface area contributed by atoms with Gasteiger partial charge in [0, 0.05) is 31.2 Å². The van der Waals surface area contributed by atoms with Crippen molar-refractivity contribution in [2.75, 3.05) is 5.32 Å². The van der Waals surface area contributed by atoms with Crippen LogP contribution in [0.1, 0.15) is 21.5 Å². The van der Waals surface area contributed by atoms with Crippen molar-refractivity contribution in [3.63, 3.8) is 0 Å². The molecule has 3 amide bonds. The fraction of sp³-hybridized carbons (Fsp3) is 0.0833. The Kier molecular flexibility index (Phi) is 6.60. The van der Waals surface area contributed by atoms with Gasteiger partial charge in [0.2, 0.25) is 0 Å². The third-order valence-corrected chi connectivity index (χ3v) is 4.78. The van der Waals surface area contributed by atoms with Gasteiger partial charge in [0.15, 0.2) is 0 Å². The molecule has 3 heterocycles. The molecular formula is C24H21N5O4. The van der Waals surface area contributed by atoms with E-state index in [1.165, 1.54) is 12.3 Å². The van der Waals surface area contributed by atoms with Crippen LogP contribution in [-0.2, 0) is 13.1 Å². The van der Waals surface area contributed by atoms with Crippen molar-refractivity contribution in [3.05, 3.63) is 106 Å². The van der Waals surface area contributed by atoms with E-state index in [1.54, 1.807) is 48.8 Å². The van der Waals surface area contributed by atoms with Crippen LogP contribution in [0.5, 0.6) is 0 Å². The zero-order chi connectivity index (χ0) is 23.0. The molecule has 0 aliphatic heterocycles. The van der Waals surface area contributed by atoms with Crippen molar-refractivity contribution in [1.82, 2.24) is 20.6 Å². The summed E-state index contributed by atoms with van der Waals surface area (Å²) in [7, 11) is 0. The maximum atomic E-state index is 12.5. The van der Waals surface area contributed by atoms with Gasteiger partial charge in [0.05, 0.1) is 12.0 Å². The molecule has 1 aromatic carbocycles. The van der Waals surface area contributed by atoms with Crippen LogP contribution >= 0.6 is 0 Å². The predicted octanol–water partition coefficient (Wildman–Crippen LogP) is 3.28. The van der Waals surface area contributed by atoms with E-state index in [2.05, 4.69) is 25.9 Å². The molecule has 4 N–H and O–H groups in total. The number of anilines is 1. The highest BCUT2D eigenvalue weighted by atomic mass is 16.3. The lowest BCUT2D eigenvalue weighted by Gasteiger charge is -2.10. The van der Waals surface area contributed by atoms with Crippen LogP contribution in [0.15, 0.2) is 88.5 Å². The molecule has 166 valence electrons. The Balaban J connectivity index is 1.32. The topological polar surface area (TPSA) is 129 Å². The molecule has 0 saturated heterocycles. The van der Waals surface area contributed by atoms with E-state index in [0.29, 0.717) is 23.7 Å². The molecule has 0 bridgehead atoms. The number of urea groups is 1. The van der Waals surface area contributed by atoms with Gasteiger partial charge in [0.25, 0.3) is 11.5 Å². The molecule has 9 heteroatoms. The summed E-state index contributed by atoms with van der Waals surface area (Å²) in [5.41, 5.74) is 2.25. The van der Waals surface area contributed by atoms with Crippen LogP contribution in [-0.4, -0.2) is 21.9 Å². The number of nitrogens with zero attached hydrogens (tertiary/aromatic N) is 1. The van der Waals surface area contributed by atoms with Crippen molar-refractivity contribution in [3.8, 4) is 11.5 Å². The third kappa shape index (κ3) is 5.73. The number of furan rings is 1. The van der Waals surface area contributed by atoms with Gasteiger partial charge in [0.1, 0.15) is 11.3 Å². The SMILES string of the molecule is O=C(NCc1ccncc1)Nc1cccc(CNC(=O)c2ccc(-c3ccco3)[nH]c2=O)c1. The molecule has 0 fully saturated rings. The van der Waals surface area contributed by atoms with E-state index in [1.807, 2.05) is 18.2 Å². The van der Waals surface area contributed by atoms with E-state index < -0.39 is 11.5 Å². The van der Waals surface area contributed by atoms with Gasteiger partial charge in [-0.05, 0) is 59.7 Å². The van der Waals surface area contributed by atoms with Gasteiger partial charge in [-0.1, -0.05) is 12.1 Å². The van der Waals surface area contributed by atoms with Crippen LogP contribution in [0.2, 0.25) is 0 Å². The number of hydrogen-bond donors (Lipinski definition) is 4. The average molecular weight is 443 g/mol. The van der Waals surface area contributed by atoms with Gasteiger partial charge < -0.3 is 25.4 Å². The third-order valence-electron chi connectivity index (χ3n) is 4.78. The molecule has 3 aromatic heterocycles. The van der Waals surface area contributed by atoms with E-state index in [4.69, 9.17) is 4.42 Å². The van der Waals surface area contributed by atoms with Gasteiger partial charge in [-0.3, -0.25) is 14.6 Å². The van der Waals surface area contributed by atoms with Gasteiger partial charge in [-0.15, -0.1) is 0 Å². The lowest BCUT2D eigenvalue weighted by atomic mass is 10.2. The number of rotatable bonds is 7. The summed E-state index contributed by atoms with van der Waals surface area (Å²) in [5, 5.41) is 8.25. The van der Waals surface area contributed by atoms with Crippen molar-refractivity contribution in [2.24, 2.45) is 0 Å². The number of pyridine rings is 2. The lowest BCUT2D eigenvalue weighted by Crippen LogP contribution is -2.29. The molecule has 4 rings (SSSR count). The van der Waals surface area contributed by atoms with E-state index in [9.17, 15) is 14.4 Å². The van der Waals surface area contributed by atoms with Crippen LogP contribution in [0.25, 0.3) is 11.5 Å². The Labute approximate surface area is 188 Å². The smallest absolute Gasteiger partial charge is 0.319 e. The van der Waals surface area contributed by atoms with Crippen LogP contribution in [0.4, 0.5) is 10.5 Å². The molecule has 33 heavy (non-hydrogen) atoms. The van der Waals surface area contributed by atoms with Crippen molar-refractivity contribution in [1.29, 1.82) is 0 Å². The molecule has 0 aliphatic rings. The Hall–Kier alpha value is -4.66. The lowest BCUT2D eigenvalue weighted by molar-refractivity contribution is 0.0949. The second-order valence-corrected chi connectivity index (χ2v) is 7.14. The highest BCUT2D eigenvalue weighted by Gasteiger charge is 2.12. The largest absolute Gasteiger partial charge is 0.463 e. The molecular weight excluding hydrogens is 422 g/mol. The molecule has 0 atom stereocenters. The summed E-state index contributed by atoms with van der Waals surface area (Å²) in [6.07, 6.45) is 4.82. The quantitative estimate of drug-likeness (QED) is 0.348. The summed E-state index contributed by atoms with van der Waals surface area (Å²) in [6, 6.07) is 16.9. The minimum atomic E-state index is -0.511. The number of H-pyrrole nitrogens is 1. The molecule has 0 spiro atoms. The van der Waals surface area contributed by atoms with E-state index >= 15 is 0 Å². The average Bonchev–Trinajstić information content (AvgIpc) is 3.37. The Morgan fingerprint density at radius 2 is 1.73 bits per heavy atom. The Morgan fingerprint density at radius 1 is 0.909 bits per heavy atom. The minimum absolute atomic E-state index is 0.00456. The fourth-order valence-electron chi connectivity index (χ4n) is 3.12. The van der Waals surface area contributed by atoms with Crippen LogP contribution in [0, 0.1) is 0 Å². The van der Waals surface area contributed by atoms with Crippen LogP contribution in [0.3, 0.4) is 0 Å². The monoisotopic (exact) mass is 443 g/mol. The second kappa shape index (κ2) is 10.1. The normalized spacial score (nSPS) is 10.4. The van der Waals surface area contributed by atoms with Gasteiger partial charge >= 0.3 is 6.03 Å². The summed E-state index contributed by atoms with van der Waals surface area (Å²) in [4.78, 5) is 43.5. The first-order valence-electron chi connectivity index (χ1n) is 10.2. The highest BCUT2D eigenvalue weighted by molar-refractivity contribution is 5.94. The summed E-state index contributed by atoms with van der Waals surface area (Å²) < 4.78 is 5.25.